The van der Waals surface area contributed by atoms with E-state index in [9.17, 15) is 4.79 Å². The van der Waals surface area contributed by atoms with Crippen molar-refractivity contribution >= 4 is 49.3 Å². The molecule has 2 N–H and O–H groups in total. The van der Waals surface area contributed by atoms with Gasteiger partial charge in [0.05, 0.1) is 0 Å². The molecule has 6 heteroatoms. The molecular formula is C16H23N3OSSn. The van der Waals surface area contributed by atoms with E-state index < -0.39 is 18.4 Å². The maximum atomic E-state index is 12.4. The first-order chi connectivity index (χ1) is 10.2. The molecule has 1 heterocycles. The first-order valence-electron chi connectivity index (χ1n) is 7.27. The average Bonchev–Trinajstić information content (AvgIpc) is 2.77. The van der Waals surface area contributed by atoms with E-state index >= 15 is 0 Å². The van der Waals surface area contributed by atoms with Crippen LogP contribution in [-0.2, 0) is 11.2 Å². The SMILES string of the molecule is Cc1nc(N(C)C(=O)Cc2cc[c]([Sn]([CH3])([CH3])[CH3])cc2)sc1N. The number of nitrogens with zero attached hydrogens (tertiary/aromatic N) is 2. The summed E-state index contributed by atoms with van der Waals surface area (Å²) in [5.74, 6) is 0.0285. The topological polar surface area (TPSA) is 59.2 Å². The Kier molecular flexibility index (Phi) is 5.17. The summed E-state index contributed by atoms with van der Waals surface area (Å²) in [6, 6.07) is 8.52. The summed E-state index contributed by atoms with van der Waals surface area (Å²) < 4.78 is 1.47. The summed E-state index contributed by atoms with van der Waals surface area (Å²) in [6.07, 6.45) is 0.384. The molecule has 0 aliphatic rings. The molecule has 0 bridgehead atoms. The van der Waals surface area contributed by atoms with Crippen LogP contribution in [0.4, 0.5) is 10.1 Å². The Hall–Kier alpha value is -1.08. The average molecular weight is 424 g/mol. The molecule has 0 saturated carbocycles. The minimum absolute atomic E-state index is 0.0285. The predicted molar refractivity (Wildman–Crippen MR) is 97.8 cm³/mol. The first kappa shape index (κ1) is 17.3. The Morgan fingerprint density at radius 1 is 1.27 bits per heavy atom. The van der Waals surface area contributed by atoms with Gasteiger partial charge < -0.3 is 0 Å². The second-order valence-corrected chi connectivity index (χ2v) is 22.0. The normalized spacial score (nSPS) is 11.5. The Morgan fingerprint density at radius 2 is 1.86 bits per heavy atom. The van der Waals surface area contributed by atoms with Gasteiger partial charge in [-0.25, -0.2) is 0 Å². The number of benzene rings is 1. The van der Waals surface area contributed by atoms with Gasteiger partial charge in [-0.05, 0) is 0 Å². The molecule has 1 aromatic carbocycles. The van der Waals surface area contributed by atoms with Crippen molar-refractivity contribution in [3.8, 4) is 0 Å². The van der Waals surface area contributed by atoms with Gasteiger partial charge in [0.1, 0.15) is 0 Å². The summed E-state index contributed by atoms with van der Waals surface area (Å²) in [6.45, 7) is 1.85. The van der Waals surface area contributed by atoms with E-state index in [0.29, 0.717) is 16.6 Å². The second-order valence-electron chi connectivity index (χ2n) is 6.52. The fraction of sp³-hybridized carbons (Fsp3) is 0.375. The van der Waals surface area contributed by atoms with Crippen molar-refractivity contribution < 1.29 is 4.79 Å². The van der Waals surface area contributed by atoms with E-state index in [1.165, 1.54) is 14.9 Å². The van der Waals surface area contributed by atoms with Crippen LogP contribution in [0.3, 0.4) is 0 Å². The molecule has 1 aromatic heterocycles. The fourth-order valence-corrected chi connectivity index (χ4v) is 6.20. The van der Waals surface area contributed by atoms with Gasteiger partial charge in [0, 0.05) is 0 Å². The molecule has 0 saturated heterocycles. The molecule has 0 aliphatic carbocycles. The quantitative estimate of drug-likeness (QED) is 0.769. The Labute approximate surface area is 140 Å². The van der Waals surface area contributed by atoms with Crippen molar-refractivity contribution in [3.05, 3.63) is 35.5 Å². The third kappa shape index (κ3) is 4.01. The number of thiazole rings is 1. The molecule has 0 fully saturated rings. The van der Waals surface area contributed by atoms with Gasteiger partial charge in [0.2, 0.25) is 0 Å². The molecule has 4 nitrogen and oxygen atoms in total. The van der Waals surface area contributed by atoms with E-state index in [2.05, 4.69) is 44.1 Å². The van der Waals surface area contributed by atoms with Crippen molar-refractivity contribution in [2.75, 3.05) is 17.7 Å². The van der Waals surface area contributed by atoms with Crippen LogP contribution in [0.15, 0.2) is 24.3 Å². The van der Waals surface area contributed by atoms with Gasteiger partial charge in [-0.1, -0.05) is 0 Å². The van der Waals surface area contributed by atoms with Crippen molar-refractivity contribution in [1.82, 2.24) is 4.98 Å². The molecule has 2 rings (SSSR count). The number of hydrogen-bond acceptors (Lipinski definition) is 4. The minimum atomic E-state index is -2.01. The first-order valence-corrected chi connectivity index (χ1v) is 18.1. The zero-order chi connectivity index (χ0) is 16.5. The monoisotopic (exact) mass is 425 g/mol. The van der Waals surface area contributed by atoms with Crippen molar-refractivity contribution in [1.29, 1.82) is 0 Å². The van der Waals surface area contributed by atoms with Crippen molar-refractivity contribution in [2.24, 2.45) is 0 Å². The number of aryl methyl sites for hydroxylation is 1. The molecule has 0 aliphatic heterocycles. The Bertz CT molecular complexity index is 654. The number of nitrogen functional groups attached to an aromatic ring is 1. The molecule has 0 spiro atoms. The van der Waals surface area contributed by atoms with Gasteiger partial charge in [-0.3, -0.25) is 0 Å². The van der Waals surface area contributed by atoms with Crippen LogP contribution in [0, 0.1) is 6.92 Å². The van der Waals surface area contributed by atoms with Crippen LogP contribution in [0.2, 0.25) is 14.8 Å². The van der Waals surface area contributed by atoms with Gasteiger partial charge >= 0.3 is 140 Å². The molecule has 1 amide bonds. The molecule has 118 valence electrons. The molecule has 0 atom stereocenters. The van der Waals surface area contributed by atoms with Gasteiger partial charge in [0.15, 0.2) is 0 Å². The van der Waals surface area contributed by atoms with E-state index in [4.69, 9.17) is 5.73 Å². The number of anilines is 2. The van der Waals surface area contributed by atoms with Crippen molar-refractivity contribution in [3.63, 3.8) is 0 Å². The number of carbonyl (C=O) groups is 1. The molecule has 2 aromatic rings. The predicted octanol–water partition coefficient (Wildman–Crippen LogP) is 2.78. The molecule has 22 heavy (non-hydrogen) atoms. The van der Waals surface area contributed by atoms with E-state index in [-0.39, 0.29) is 5.91 Å². The fourth-order valence-electron chi connectivity index (χ4n) is 2.06. The number of hydrogen-bond donors (Lipinski definition) is 1. The number of carbonyl (C=O) groups excluding carboxylic acids is 1. The summed E-state index contributed by atoms with van der Waals surface area (Å²) in [5, 5.41) is 1.32. The summed E-state index contributed by atoms with van der Waals surface area (Å²) >= 11 is -0.667. The maximum absolute atomic E-state index is 12.4. The summed E-state index contributed by atoms with van der Waals surface area (Å²) in [4.78, 5) is 25.5. The van der Waals surface area contributed by atoms with E-state index in [1.54, 1.807) is 11.9 Å². The second kappa shape index (κ2) is 6.58. The number of rotatable bonds is 4. The van der Waals surface area contributed by atoms with Crippen LogP contribution in [-0.4, -0.2) is 36.3 Å². The zero-order valence-electron chi connectivity index (χ0n) is 13.8. The summed E-state index contributed by atoms with van der Waals surface area (Å²) in [7, 11) is 1.75. The van der Waals surface area contributed by atoms with Crippen LogP contribution in [0.1, 0.15) is 11.3 Å². The Morgan fingerprint density at radius 3 is 2.32 bits per heavy atom. The number of likely N-dealkylation sites (N-methyl/N-ethyl adjacent to an activating group) is 1. The zero-order valence-corrected chi connectivity index (χ0v) is 17.5. The molecular weight excluding hydrogens is 401 g/mol. The number of amides is 1. The van der Waals surface area contributed by atoms with Crippen LogP contribution in [0.25, 0.3) is 0 Å². The van der Waals surface area contributed by atoms with Gasteiger partial charge in [-0.15, -0.1) is 0 Å². The Balaban J connectivity index is 2.08. The third-order valence-corrected chi connectivity index (χ3v) is 10.6. The van der Waals surface area contributed by atoms with Crippen molar-refractivity contribution in [2.45, 2.75) is 28.2 Å². The third-order valence-electron chi connectivity index (χ3n) is 3.66. The van der Waals surface area contributed by atoms with E-state index in [0.717, 1.165) is 11.3 Å². The number of nitrogens with two attached hydrogens (primary N) is 1. The van der Waals surface area contributed by atoms with Gasteiger partial charge in [-0.2, -0.15) is 0 Å². The number of aromatic nitrogens is 1. The summed E-state index contributed by atoms with van der Waals surface area (Å²) in [5.41, 5.74) is 7.63. The molecule has 0 unspecified atom stereocenters. The van der Waals surface area contributed by atoms with Crippen LogP contribution in [0.5, 0.6) is 0 Å². The molecule has 0 radical (unpaired) electrons. The van der Waals surface area contributed by atoms with Crippen LogP contribution < -0.4 is 14.2 Å². The standard InChI is InChI=1S/C13H14N3OS.3CH3.Sn/c1-9-12(14)18-13(15-9)16(2)11(17)8-10-6-4-3-5-7-10;;;;/h4-7H,8,14H2,1-2H3;3*1H3;. The van der Waals surface area contributed by atoms with Gasteiger partial charge in [0.25, 0.3) is 0 Å². The van der Waals surface area contributed by atoms with E-state index in [1.807, 2.05) is 6.92 Å². The van der Waals surface area contributed by atoms with Crippen LogP contribution >= 0.6 is 11.3 Å².